The highest BCUT2D eigenvalue weighted by Crippen LogP contribution is 2.34. The summed E-state index contributed by atoms with van der Waals surface area (Å²) < 4.78 is 0.802. The summed E-state index contributed by atoms with van der Waals surface area (Å²) in [5, 5.41) is 2.85. The van der Waals surface area contributed by atoms with Crippen LogP contribution in [0.1, 0.15) is 21.4 Å². The number of nitrogens with two attached hydrogens (primary N) is 1. The van der Waals surface area contributed by atoms with Crippen LogP contribution < -0.4 is 5.73 Å². The van der Waals surface area contributed by atoms with Gasteiger partial charge >= 0.3 is 0 Å². The van der Waals surface area contributed by atoms with Crippen LogP contribution in [0.5, 0.6) is 0 Å². The van der Waals surface area contributed by atoms with Crippen molar-refractivity contribution in [3.05, 3.63) is 42.2 Å². The number of halogens is 2. The van der Waals surface area contributed by atoms with Crippen LogP contribution in [0, 0.1) is 6.92 Å². The third-order valence-corrected chi connectivity index (χ3v) is 5.41. The van der Waals surface area contributed by atoms with E-state index in [0.29, 0.717) is 0 Å². The van der Waals surface area contributed by atoms with E-state index in [4.69, 9.17) is 28.9 Å². The molecule has 2 aromatic heterocycles. The second-order valence-corrected chi connectivity index (χ2v) is 6.70. The number of hydrogen-bond donors (Lipinski definition) is 1. The van der Waals surface area contributed by atoms with Crippen LogP contribution in [-0.4, -0.2) is 0 Å². The zero-order chi connectivity index (χ0) is 11.7. The second-order valence-electron chi connectivity index (χ2n) is 3.61. The molecule has 0 aliphatic rings. The van der Waals surface area contributed by atoms with Gasteiger partial charge in [0.2, 0.25) is 0 Å². The molecule has 0 amide bonds. The van der Waals surface area contributed by atoms with Crippen LogP contribution in [0.15, 0.2) is 17.5 Å². The number of rotatable bonds is 3. The summed E-state index contributed by atoms with van der Waals surface area (Å²) in [6.07, 6.45) is 0.789. The Balaban J connectivity index is 2.14. The van der Waals surface area contributed by atoms with E-state index in [1.54, 1.807) is 22.7 Å². The lowest BCUT2D eigenvalue weighted by Crippen LogP contribution is -2.11. The summed E-state index contributed by atoms with van der Waals surface area (Å²) in [5.41, 5.74) is 7.24. The topological polar surface area (TPSA) is 26.0 Å². The van der Waals surface area contributed by atoms with E-state index < -0.39 is 0 Å². The molecule has 0 spiro atoms. The molecule has 2 N–H and O–H groups in total. The number of thiophene rings is 2. The normalized spacial score (nSPS) is 13.0. The Kier molecular flexibility index (Phi) is 3.93. The largest absolute Gasteiger partial charge is 0.323 e. The standard InChI is InChI=1S/C11H11Cl2NS2/c1-6-5-15-11(10(6)13)8(14)4-7-2-3-9(12)16-7/h2-3,5,8H,4,14H2,1H3. The SMILES string of the molecule is Cc1csc(C(N)Cc2ccc(Cl)s2)c1Cl. The van der Waals surface area contributed by atoms with Gasteiger partial charge in [0.1, 0.15) is 0 Å². The van der Waals surface area contributed by atoms with Gasteiger partial charge in [0.25, 0.3) is 0 Å². The Morgan fingerprint density at radius 2 is 2.12 bits per heavy atom. The van der Waals surface area contributed by atoms with Crippen LogP contribution in [0.3, 0.4) is 0 Å². The van der Waals surface area contributed by atoms with E-state index in [2.05, 4.69) is 0 Å². The fourth-order valence-corrected chi connectivity index (χ4v) is 3.95. The quantitative estimate of drug-likeness (QED) is 0.874. The van der Waals surface area contributed by atoms with Gasteiger partial charge in [0, 0.05) is 22.2 Å². The summed E-state index contributed by atoms with van der Waals surface area (Å²) in [7, 11) is 0. The highest BCUT2D eigenvalue weighted by atomic mass is 35.5. The molecule has 0 bridgehead atoms. The van der Waals surface area contributed by atoms with Crippen LogP contribution in [0.4, 0.5) is 0 Å². The Labute approximate surface area is 113 Å². The van der Waals surface area contributed by atoms with Gasteiger partial charge in [-0.25, -0.2) is 0 Å². The Bertz CT molecular complexity index is 490. The van der Waals surface area contributed by atoms with Crippen molar-refractivity contribution in [1.82, 2.24) is 0 Å². The minimum absolute atomic E-state index is 0.0408. The van der Waals surface area contributed by atoms with Gasteiger partial charge in [0.05, 0.1) is 9.36 Å². The summed E-state index contributed by atoms with van der Waals surface area (Å²) in [6, 6.07) is 3.87. The van der Waals surface area contributed by atoms with Crippen molar-refractivity contribution >= 4 is 45.9 Å². The Morgan fingerprint density at radius 1 is 1.38 bits per heavy atom. The Hall–Kier alpha value is -0.0600. The predicted octanol–water partition coefficient (Wildman–Crippen LogP) is 4.67. The fourth-order valence-electron chi connectivity index (χ4n) is 1.47. The van der Waals surface area contributed by atoms with Crippen molar-refractivity contribution < 1.29 is 0 Å². The molecule has 1 atom stereocenters. The van der Waals surface area contributed by atoms with Gasteiger partial charge in [-0.2, -0.15) is 0 Å². The highest BCUT2D eigenvalue weighted by molar-refractivity contribution is 7.16. The molecule has 2 rings (SSSR count). The van der Waals surface area contributed by atoms with Gasteiger partial charge in [-0.3, -0.25) is 0 Å². The van der Waals surface area contributed by atoms with E-state index in [1.807, 2.05) is 24.4 Å². The third-order valence-electron chi connectivity index (χ3n) is 2.31. The van der Waals surface area contributed by atoms with Crippen LogP contribution in [-0.2, 0) is 6.42 Å². The zero-order valence-corrected chi connectivity index (χ0v) is 11.8. The minimum Gasteiger partial charge on any atom is -0.323 e. The molecule has 1 nitrogen and oxygen atoms in total. The van der Waals surface area contributed by atoms with Crippen molar-refractivity contribution in [2.24, 2.45) is 5.73 Å². The first-order valence-corrected chi connectivity index (χ1v) is 7.26. The van der Waals surface area contributed by atoms with E-state index in [9.17, 15) is 0 Å². The van der Waals surface area contributed by atoms with Crippen molar-refractivity contribution in [1.29, 1.82) is 0 Å². The zero-order valence-electron chi connectivity index (χ0n) is 8.67. The predicted molar refractivity (Wildman–Crippen MR) is 74.0 cm³/mol. The molecule has 0 radical (unpaired) electrons. The lowest BCUT2D eigenvalue weighted by molar-refractivity contribution is 0.745. The van der Waals surface area contributed by atoms with Gasteiger partial charge in [-0.1, -0.05) is 23.2 Å². The monoisotopic (exact) mass is 291 g/mol. The summed E-state index contributed by atoms with van der Waals surface area (Å²) in [6.45, 7) is 2.00. The van der Waals surface area contributed by atoms with Crippen LogP contribution in [0.2, 0.25) is 9.36 Å². The average Bonchev–Trinajstić information content (AvgIpc) is 2.76. The lowest BCUT2D eigenvalue weighted by Gasteiger charge is -2.08. The molecule has 0 aliphatic carbocycles. The van der Waals surface area contributed by atoms with Gasteiger partial charge < -0.3 is 5.73 Å². The molecule has 86 valence electrons. The second kappa shape index (κ2) is 5.07. The van der Waals surface area contributed by atoms with Crippen molar-refractivity contribution in [2.45, 2.75) is 19.4 Å². The lowest BCUT2D eigenvalue weighted by atomic mass is 10.1. The maximum absolute atomic E-state index is 6.18. The van der Waals surface area contributed by atoms with Crippen molar-refractivity contribution in [3.8, 4) is 0 Å². The molecule has 0 aromatic carbocycles. The molecule has 0 saturated carbocycles. The van der Waals surface area contributed by atoms with E-state index in [1.165, 1.54) is 4.88 Å². The molecule has 0 fully saturated rings. The van der Waals surface area contributed by atoms with E-state index in [0.717, 1.165) is 26.2 Å². The van der Waals surface area contributed by atoms with Gasteiger partial charge in [-0.05, 0) is 30.0 Å². The van der Waals surface area contributed by atoms with Crippen LogP contribution in [0.25, 0.3) is 0 Å². The fraction of sp³-hybridized carbons (Fsp3) is 0.273. The molecule has 16 heavy (non-hydrogen) atoms. The van der Waals surface area contributed by atoms with Gasteiger partial charge in [-0.15, -0.1) is 22.7 Å². The molecule has 2 aromatic rings. The summed E-state index contributed by atoms with van der Waals surface area (Å²) in [5.74, 6) is 0. The molecule has 5 heteroatoms. The molecule has 1 unspecified atom stereocenters. The summed E-state index contributed by atoms with van der Waals surface area (Å²) in [4.78, 5) is 2.25. The maximum Gasteiger partial charge on any atom is 0.0931 e. The maximum atomic E-state index is 6.18. The van der Waals surface area contributed by atoms with Crippen LogP contribution >= 0.6 is 45.9 Å². The number of aryl methyl sites for hydroxylation is 1. The smallest absolute Gasteiger partial charge is 0.0931 e. The molecule has 2 heterocycles. The Morgan fingerprint density at radius 3 is 2.62 bits per heavy atom. The van der Waals surface area contributed by atoms with Gasteiger partial charge in [0.15, 0.2) is 0 Å². The number of hydrogen-bond acceptors (Lipinski definition) is 3. The molecular formula is C11H11Cl2NS2. The molecule has 0 aliphatic heterocycles. The minimum atomic E-state index is -0.0408. The summed E-state index contributed by atoms with van der Waals surface area (Å²) >= 11 is 15.3. The highest BCUT2D eigenvalue weighted by Gasteiger charge is 2.15. The molecular weight excluding hydrogens is 281 g/mol. The molecule has 0 saturated heterocycles. The first-order chi connectivity index (χ1) is 7.58. The third kappa shape index (κ3) is 2.60. The average molecular weight is 292 g/mol. The van der Waals surface area contributed by atoms with E-state index in [-0.39, 0.29) is 6.04 Å². The van der Waals surface area contributed by atoms with Crippen molar-refractivity contribution in [2.75, 3.05) is 0 Å². The first kappa shape index (κ1) is 12.4. The van der Waals surface area contributed by atoms with Crippen molar-refractivity contribution in [3.63, 3.8) is 0 Å². The van der Waals surface area contributed by atoms with E-state index >= 15 is 0 Å². The first-order valence-electron chi connectivity index (χ1n) is 4.81.